The molecule has 0 aliphatic carbocycles. The Balaban J connectivity index is 2.14. The number of rotatable bonds is 0. The number of aliphatic imine (C=N–C) groups is 1. The summed E-state index contributed by atoms with van der Waals surface area (Å²) in [6, 6.07) is 0. The molecule has 2 rings (SSSR count). The van der Waals surface area contributed by atoms with E-state index in [9.17, 15) is 0 Å². The van der Waals surface area contributed by atoms with Gasteiger partial charge in [0.25, 0.3) is 0 Å². The van der Waals surface area contributed by atoms with Gasteiger partial charge < -0.3 is 4.74 Å². The van der Waals surface area contributed by atoms with Gasteiger partial charge in [0.2, 0.25) is 5.88 Å². The highest BCUT2D eigenvalue weighted by Gasteiger charge is 2.17. The number of fused-ring (bicyclic) bond motifs is 1. The summed E-state index contributed by atoms with van der Waals surface area (Å²) in [5.41, 5.74) is 0. The van der Waals surface area contributed by atoms with E-state index in [1.165, 1.54) is 0 Å². The first-order valence-electron chi connectivity index (χ1n) is 3.20. The van der Waals surface area contributed by atoms with Gasteiger partial charge in [0, 0.05) is 12.3 Å². The van der Waals surface area contributed by atoms with Crippen molar-refractivity contribution in [3.8, 4) is 0 Å². The Morgan fingerprint density at radius 1 is 1.50 bits per heavy atom. The molecule has 0 unspecified atom stereocenters. The van der Waals surface area contributed by atoms with E-state index in [1.54, 1.807) is 17.4 Å². The fourth-order valence-corrected chi connectivity index (χ4v) is 0.909. The monoisotopic (exact) mass is 140 g/mol. The van der Waals surface area contributed by atoms with Crippen LogP contribution in [0.2, 0.25) is 0 Å². The van der Waals surface area contributed by atoms with Crippen LogP contribution < -0.4 is 0 Å². The number of hydrogen-bond acceptors (Lipinski definition) is 4. The van der Waals surface area contributed by atoms with Crippen molar-refractivity contribution in [2.24, 2.45) is 4.99 Å². The molecule has 2 heterocycles. The van der Waals surface area contributed by atoms with Gasteiger partial charge in [0.05, 0.1) is 0 Å². The van der Waals surface area contributed by atoms with E-state index in [2.05, 4.69) is 4.99 Å². The minimum atomic E-state index is 0.547. The molecular weight excluding hydrogens is 132 g/mol. The lowest BCUT2D eigenvalue weighted by atomic mass is 10.5. The van der Waals surface area contributed by atoms with Crippen LogP contribution in [0.5, 0.6) is 0 Å². The molecule has 1 fully saturated rings. The van der Waals surface area contributed by atoms with Gasteiger partial charge in [-0.25, -0.2) is 0 Å². The first-order chi connectivity index (χ1) is 4.97. The summed E-state index contributed by atoms with van der Waals surface area (Å²) in [6.07, 6.45) is 3.52. The van der Waals surface area contributed by atoms with E-state index < -0.39 is 0 Å². The van der Waals surface area contributed by atoms with E-state index in [-0.39, 0.29) is 0 Å². The minimum absolute atomic E-state index is 0.547. The second-order valence-electron chi connectivity index (χ2n) is 2.04. The zero-order valence-electron chi connectivity index (χ0n) is 5.49. The highest BCUT2D eigenvalue weighted by Crippen LogP contribution is 2.13. The lowest BCUT2D eigenvalue weighted by Crippen LogP contribution is -2.33. The topological polar surface area (TPSA) is 34.1 Å². The summed E-state index contributed by atoms with van der Waals surface area (Å²) < 4.78 is 5.25. The Kier molecular flexibility index (Phi) is 1.32. The molecule has 0 spiro atoms. The van der Waals surface area contributed by atoms with E-state index in [0.29, 0.717) is 19.9 Å². The van der Waals surface area contributed by atoms with Crippen molar-refractivity contribution in [2.45, 2.75) is 0 Å². The molecule has 2 aliphatic rings. The summed E-state index contributed by atoms with van der Waals surface area (Å²) in [5, 5.41) is 1.64. The molecule has 0 aromatic rings. The fraction of sp³-hybridized carbons (Fsp3) is 0.500. The lowest BCUT2D eigenvalue weighted by Gasteiger charge is -2.29. The Hall–Kier alpha value is -1.03. The summed E-state index contributed by atoms with van der Waals surface area (Å²) in [5.74, 6) is 0.765. The Bertz CT molecular complexity index is 188. The van der Waals surface area contributed by atoms with Crippen molar-refractivity contribution in [1.82, 2.24) is 5.06 Å². The van der Waals surface area contributed by atoms with Crippen LogP contribution in [0.25, 0.3) is 0 Å². The smallest absolute Gasteiger partial charge is 0.217 e. The van der Waals surface area contributed by atoms with Gasteiger partial charge in [-0.3, -0.25) is 9.83 Å². The maximum Gasteiger partial charge on any atom is 0.217 e. The van der Waals surface area contributed by atoms with Gasteiger partial charge in [0.15, 0.2) is 0 Å². The predicted molar refractivity (Wildman–Crippen MR) is 35.2 cm³/mol. The molecule has 54 valence electrons. The Labute approximate surface area is 58.7 Å². The average molecular weight is 140 g/mol. The molecule has 0 atom stereocenters. The molecule has 0 bridgehead atoms. The molecule has 1 saturated heterocycles. The van der Waals surface area contributed by atoms with Crippen molar-refractivity contribution in [3.05, 3.63) is 12.0 Å². The van der Waals surface area contributed by atoms with Gasteiger partial charge in [0.1, 0.15) is 19.9 Å². The van der Waals surface area contributed by atoms with Gasteiger partial charge in [-0.1, -0.05) is 0 Å². The summed E-state index contributed by atoms with van der Waals surface area (Å²) >= 11 is 0. The van der Waals surface area contributed by atoms with E-state index in [0.717, 1.165) is 5.88 Å². The molecule has 0 aromatic carbocycles. The van der Waals surface area contributed by atoms with Crippen molar-refractivity contribution in [1.29, 1.82) is 0 Å². The van der Waals surface area contributed by atoms with Crippen LogP contribution in [0.15, 0.2) is 17.0 Å². The number of allylic oxidation sites excluding steroid dienone is 1. The van der Waals surface area contributed by atoms with Crippen LogP contribution in [-0.2, 0) is 9.57 Å². The first kappa shape index (κ1) is 5.73. The standard InChI is InChI=1S/C6H8N2O2/c1-2-7-5-8-6(1)9-3-4-10-8/h1-2H,3-5H2. The third kappa shape index (κ3) is 0.863. The molecule has 0 saturated carbocycles. The molecule has 0 amide bonds. The lowest BCUT2D eigenvalue weighted by molar-refractivity contribution is -0.210. The van der Waals surface area contributed by atoms with Crippen LogP contribution in [-0.4, -0.2) is 31.2 Å². The summed E-state index contributed by atoms with van der Waals surface area (Å²) in [4.78, 5) is 9.19. The molecule has 4 heteroatoms. The number of ether oxygens (including phenoxy) is 1. The van der Waals surface area contributed by atoms with E-state index in [4.69, 9.17) is 9.57 Å². The van der Waals surface area contributed by atoms with Crippen molar-refractivity contribution < 1.29 is 9.57 Å². The summed E-state index contributed by atoms with van der Waals surface area (Å²) in [7, 11) is 0. The van der Waals surface area contributed by atoms with Crippen LogP contribution in [0.4, 0.5) is 0 Å². The minimum Gasteiger partial charge on any atom is -0.475 e. The number of nitrogens with zero attached hydrogens (tertiary/aromatic N) is 2. The molecule has 0 N–H and O–H groups in total. The van der Waals surface area contributed by atoms with Crippen molar-refractivity contribution in [2.75, 3.05) is 19.9 Å². The average Bonchev–Trinajstić information content (AvgIpc) is 2.05. The second-order valence-corrected chi connectivity index (χ2v) is 2.04. The van der Waals surface area contributed by atoms with Crippen molar-refractivity contribution in [3.63, 3.8) is 0 Å². The SMILES string of the molecule is C1=NCN2OCCOC2=C1. The fourth-order valence-electron chi connectivity index (χ4n) is 0.909. The van der Waals surface area contributed by atoms with Crippen molar-refractivity contribution >= 4 is 6.21 Å². The maximum atomic E-state index is 5.25. The van der Waals surface area contributed by atoms with Gasteiger partial charge in [-0.05, 0) is 0 Å². The quantitative estimate of drug-likeness (QED) is 0.479. The number of hydrogen-bond donors (Lipinski definition) is 0. The van der Waals surface area contributed by atoms with Gasteiger partial charge >= 0.3 is 0 Å². The Morgan fingerprint density at radius 2 is 2.50 bits per heavy atom. The highest BCUT2D eigenvalue weighted by molar-refractivity contribution is 5.72. The molecule has 0 aromatic heterocycles. The van der Waals surface area contributed by atoms with E-state index >= 15 is 0 Å². The zero-order valence-corrected chi connectivity index (χ0v) is 5.49. The van der Waals surface area contributed by atoms with Gasteiger partial charge in [-0.2, -0.15) is 5.06 Å². The van der Waals surface area contributed by atoms with E-state index in [1.807, 2.05) is 0 Å². The third-order valence-corrected chi connectivity index (χ3v) is 1.36. The summed E-state index contributed by atoms with van der Waals surface area (Å²) in [6.45, 7) is 1.80. The predicted octanol–water partition coefficient (Wildman–Crippen LogP) is 0.133. The Morgan fingerprint density at radius 3 is 3.40 bits per heavy atom. The highest BCUT2D eigenvalue weighted by atomic mass is 16.7. The zero-order chi connectivity index (χ0) is 6.81. The van der Waals surface area contributed by atoms with Crippen LogP contribution in [0.3, 0.4) is 0 Å². The first-order valence-corrected chi connectivity index (χ1v) is 3.20. The van der Waals surface area contributed by atoms with Crippen LogP contribution >= 0.6 is 0 Å². The maximum absolute atomic E-state index is 5.25. The molecule has 0 radical (unpaired) electrons. The second kappa shape index (κ2) is 2.30. The van der Waals surface area contributed by atoms with Crippen LogP contribution in [0, 0.1) is 0 Å². The molecule has 4 nitrogen and oxygen atoms in total. The largest absolute Gasteiger partial charge is 0.475 e. The van der Waals surface area contributed by atoms with Crippen LogP contribution in [0.1, 0.15) is 0 Å². The number of hydroxylamine groups is 2. The molecular formula is C6H8N2O2. The normalized spacial score (nSPS) is 23.2. The third-order valence-electron chi connectivity index (χ3n) is 1.36. The molecule has 10 heavy (non-hydrogen) atoms. The van der Waals surface area contributed by atoms with Gasteiger partial charge in [-0.15, -0.1) is 0 Å². The molecule has 2 aliphatic heterocycles.